The molecule has 82 valence electrons. The summed E-state index contributed by atoms with van der Waals surface area (Å²) < 4.78 is 22.7. The second kappa shape index (κ2) is 3.86. The molecule has 6 heteroatoms. The van der Waals surface area contributed by atoms with E-state index in [1.165, 1.54) is 0 Å². The van der Waals surface area contributed by atoms with Crippen LogP contribution in [0.3, 0.4) is 0 Å². The van der Waals surface area contributed by atoms with Crippen LogP contribution >= 0.6 is 0 Å². The second-order valence-electron chi connectivity index (χ2n) is 3.57. The number of aliphatic hydroxyl groups excluding tert-OH is 1. The Kier molecular flexibility index (Phi) is 2.70. The molecular weight excluding hydrogens is 216 g/mol. The van der Waals surface area contributed by atoms with E-state index in [4.69, 9.17) is 5.11 Å². The fourth-order valence-corrected chi connectivity index (χ4v) is 2.93. The van der Waals surface area contributed by atoms with Gasteiger partial charge in [-0.15, -0.1) is 0 Å². The van der Waals surface area contributed by atoms with E-state index in [0.29, 0.717) is 24.4 Å². The Labute approximate surface area is 88.1 Å². The van der Waals surface area contributed by atoms with Crippen molar-refractivity contribution in [1.82, 2.24) is 9.97 Å². The number of aromatic nitrogens is 2. The summed E-state index contributed by atoms with van der Waals surface area (Å²) in [6.07, 6.45) is 2.53. The van der Waals surface area contributed by atoms with Gasteiger partial charge in [-0.2, -0.15) is 0 Å². The molecule has 1 aliphatic rings. The number of aryl methyl sites for hydroxylation is 1. The maximum Gasteiger partial charge on any atom is 0.156 e. The molecule has 0 radical (unpaired) electrons. The van der Waals surface area contributed by atoms with Gasteiger partial charge in [0.25, 0.3) is 0 Å². The van der Waals surface area contributed by atoms with Gasteiger partial charge in [-0.3, -0.25) is 0 Å². The lowest BCUT2D eigenvalue weighted by atomic mass is 10.2. The second-order valence-corrected chi connectivity index (χ2v) is 5.76. The van der Waals surface area contributed by atoms with Gasteiger partial charge < -0.3 is 5.11 Å². The van der Waals surface area contributed by atoms with E-state index in [1.807, 2.05) is 0 Å². The lowest BCUT2D eigenvalue weighted by Crippen LogP contribution is -2.21. The lowest BCUT2D eigenvalue weighted by molar-refractivity contribution is 0.296. The topological polar surface area (TPSA) is 80.2 Å². The number of aliphatic hydroxyl groups is 1. The van der Waals surface area contributed by atoms with Crippen LogP contribution in [0.4, 0.5) is 0 Å². The van der Waals surface area contributed by atoms with Gasteiger partial charge >= 0.3 is 0 Å². The van der Waals surface area contributed by atoms with Gasteiger partial charge in [-0.1, -0.05) is 0 Å². The number of fused-ring (bicyclic) bond motifs is 1. The molecular formula is C9H12N2O3S. The summed E-state index contributed by atoms with van der Waals surface area (Å²) in [5.41, 5.74) is 1.51. The van der Waals surface area contributed by atoms with Gasteiger partial charge in [-0.25, -0.2) is 18.4 Å². The highest BCUT2D eigenvalue weighted by Crippen LogP contribution is 2.17. The summed E-state index contributed by atoms with van der Waals surface area (Å²) in [5.74, 6) is 0.694. The highest BCUT2D eigenvalue weighted by atomic mass is 32.2. The minimum absolute atomic E-state index is 0.00326. The van der Waals surface area contributed by atoms with Crippen molar-refractivity contribution in [3.8, 4) is 0 Å². The zero-order valence-electron chi connectivity index (χ0n) is 8.18. The first-order valence-electron chi connectivity index (χ1n) is 4.76. The van der Waals surface area contributed by atoms with Gasteiger partial charge in [0.2, 0.25) is 0 Å². The molecule has 2 rings (SSSR count). The van der Waals surface area contributed by atoms with E-state index in [0.717, 1.165) is 5.56 Å². The number of sulfone groups is 1. The van der Waals surface area contributed by atoms with Crippen LogP contribution in [0.1, 0.15) is 17.1 Å². The predicted octanol–water partition coefficient (Wildman–Crippen LogP) is -0.518. The van der Waals surface area contributed by atoms with E-state index < -0.39 is 9.84 Å². The normalized spacial score (nSPS) is 18.5. The first kappa shape index (κ1) is 10.5. The number of hydrogen-bond donors (Lipinski definition) is 1. The molecule has 1 aromatic rings. The molecule has 0 amide bonds. The monoisotopic (exact) mass is 228 g/mol. The molecule has 0 aromatic carbocycles. The highest BCUT2D eigenvalue weighted by molar-refractivity contribution is 7.90. The van der Waals surface area contributed by atoms with Gasteiger partial charge in [0, 0.05) is 12.6 Å². The van der Waals surface area contributed by atoms with Crippen molar-refractivity contribution in [1.29, 1.82) is 0 Å². The fraction of sp³-hybridized carbons (Fsp3) is 0.556. The molecule has 1 aliphatic heterocycles. The Morgan fingerprint density at radius 3 is 3.00 bits per heavy atom. The average molecular weight is 228 g/mol. The number of rotatable bonds is 2. The summed E-state index contributed by atoms with van der Waals surface area (Å²) >= 11 is 0. The molecule has 0 fully saturated rings. The lowest BCUT2D eigenvalue weighted by Gasteiger charge is -2.15. The van der Waals surface area contributed by atoms with Crippen LogP contribution in [0, 0.1) is 0 Å². The van der Waals surface area contributed by atoms with Gasteiger partial charge in [0.1, 0.15) is 5.82 Å². The molecule has 0 bridgehead atoms. The Balaban J connectivity index is 2.35. The summed E-state index contributed by atoms with van der Waals surface area (Å²) in [4.78, 5) is 8.21. The van der Waals surface area contributed by atoms with Crippen LogP contribution in [0.15, 0.2) is 6.20 Å². The molecule has 0 unspecified atom stereocenters. The smallest absolute Gasteiger partial charge is 0.156 e. The van der Waals surface area contributed by atoms with Crippen LogP contribution < -0.4 is 0 Å². The first-order chi connectivity index (χ1) is 7.11. The van der Waals surface area contributed by atoms with Crippen LogP contribution in [-0.2, 0) is 28.4 Å². The minimum Gasteiger partial charge on any atom is -0.396 e. The predicted molar refractivity (Wildman–Crippen MR) is 54.0 cm³/mol. The van der Waals surface area contributed by atoms with Crippen molar-refractivity contribution in [3.05, 3.63) is 23.3 Å². The molecule has 0 saturated heterocycles. The van der Waals surface area contributed by atoms with Crippen LogP contribution in [0.25, 0.3) is 0 Å². The first-order valence-corrected chi connectivity index (χ1v) is 6.58. The quantitative estimate of drug-likeness (QED) is 0.737. The van der Waals surface area contributed by atoms with E-state index in [-0.39, 0.29) is 18.1 Å². The molecule has 15 heavy (non-hydrogen) atoms. The van der Waals surface area contributed by atoms with Crippen LogP contribution in [-0.4, -0.2) is 35.9 Å². The molecule has 2 heterocycles. The fourth-order valence-electron chi connectivity index (χ4n) is 1.58. The van der Waals surface area contributed by atoms with E-state index in [2.05, 4.69) is 9.97 Å². The van der Waals surface area contributed by atoms with Crippen molar-refractivity contribution >= 4 is 9.84 Å². The Morgan fingerprint density at radius 2 is 2.27 bits per heavy atom. The standard InChI is InChI=1S/C9H12N2O3S/c12-3-1-9-10-5-7-2-4-15(13,14)6-8(7)11-9/h5,12H,1-4,6H2. The van der Waals surface area contributed by atoms with Gasteiger partial charge in [0.05, 0.1) is 23.8 Å². The third kappa shape index (κ3) is 2.32. The summed E-state index contributed by atoms with van der Waals surface area (Å²) in [6.45, 7) is -0.0223. The minimum atomic E-state index is -2.98. The molecule has 0 spiro atoms. The molecule has 5 nitrogen and oxygen atoms in total. The SMILES string of the molecule is O=S1(=O)CCc2cnc(CCO)nc2C1. The van der Waals surface area contributed by atoms with Crippen LogP contribution in [0.2, 0.25) is 0 Å². The van der Waals surface area contributed by atoms with Crippen molar-refractivity contribution in [2.24, 2.45) is 0 Å². The summed E-state index contributed by atoms with van der Waals surface area (Å²) in [7, 11) is -2.98. The molecule has 0 atom stereocenters. The molecule has 0 saturated carbocycles. The number of hydrogen-bond acceptors (Lipinski definition) is 5. The van der Waals surface area contributed by atoms with Crippen molar-refractivity contribution in [3.63, 3.8) is 0 Å². The molecule has 0 aliphatic carbocycles. The molecule has 1 aromatic heterocycles. The van der Waals surface area contributed by atoms with Crippen molar-refractivity contribution in [2.75, 3.05) is 12.4 Å². The number of nitrogens with zero attached hydrogens (tertiary/aromatic N) is 2. The van der Waals surface area contributed by atoms with E-state index in [1.54, 1.807) is 6.20 Å². The Bertz CT molecular complexity index is 470. The molecule has 1 N–H and O–H groups in total. The summed E-state index contributed by atoms with van der Waals surface area (Å²) in [5, 5.41) is 8.73. The summed E-state index contributed by atoms with van der Waals surface area (Å²) in [6, 6.07) is 0. The Hall–Kier alpha value is -1.01. The zero-order chi connectivity index (χ0) is 10.9. The van der Waals surface area contributed by atoms with E-state index in [9.17, 15) is 8.42 Å². The largest absolute Gasteiger partial charge is 0.396 e. The van der Waals surface area contributed by atoms with Crippen molar-refractivity contribution in [2.45, 2.75) is 18.6 Å². The maximum absolute atomic E-state index is 11.4. The van der Waals surface area contributed by atoms with Gasteiger partial charge in [0.15, 0.2) is 9.84 Å². The maximum atomic E-state index is 11.4. The highest BCUT2D eigenvalue weighted by Gasteiger charge is 2.22. The average Bonchev–Trinajstić information content (AvgIpc) is 2.16. The van der Waals surface area contributed by atoms with Crippen molar-refractivity contribution < 1.29 is 13.5 Å². The Morgan fingerprint density at radius 1 is 1.47 bits per heavy atom. The van der Waals surface area contributed by atoms with Crippen LogP contribution in [0.5, 0.6) is 0 Å². The third-order valence-electron chi connectivity index (χ3n) is 2.38. The van der Waals surface area contributed by atoms with Gasteiger partial charge in [-0.05, 0) is 12.0 Å². The zero-order valence-corrected chi connectivity index (χ0v) is 9.00. The van der Waals surface area contributed by atoms with E-state index >= 15 is 0 Å². The third-order valence-corrected chi connectivity index (χ3v) is 3.92.